The first-order chi connectivity index (χ1) is 7.66. The second-order valence-electron chi connectivity index (χ2n) is 4.51. The Hall–Kier alpha value is -1.28. The predicted octanol–water partition coefficient (Wildman–Crippen LogP) is 3.01. The average molecular weight is 218 g/mol. The molecule has 0 aromatic heterocycles. The lowest BCUT2D eigenvalue weighted by molar-refractivity contribution is 0.156. The van der Waals surface area contributed by atoms with Gasteiger partial charge in [0.2, 0.25) is 0 Å². The van der Waals surface area contributed by atoms with Crippen LogP contribution in [0, 0.1) is 0 Å². The smallest absolute Gasteiger partial charge is 0.120 e. The molecule has 2 nitrogen and oxygen atoms in total. The zero-order valence-electron chi connectivity index (χ0n) is 9.70. The van der Waals surface area contributed by atoms with Gasteiger partial charge in [0.25, 0.3) is 0 Å². The molecule has 0 bridgehead atoms. The first kappa shape index (κ1) is 11.2. The van der Waals surface area contributed by atoms with Crippen molar-refractivity contribution >= 4 is 0 Å². The first-order valence-electron chi connectivity index (χ1n) is 5.75. The van der Waals surface area contributed by atoms with Crippen LogP contribution in [0.2, 0.25) is 0 Å². The van der Waals surface area contributed by atoms with Crippen molar-refractivity contribution in [2.24, 2.45) is 0 Å². The maximum absolute atomic E-state index is 9.89. The molecule has 0 heterocycles. The third-order valence-corrected chi connectivity index (χ3v) is 2.89. The molecule has 0 saturated carbocycles. The first-order valence-corrected chi connectivity index (χ1v) is 5.75. The highest BCUT2D eigenvalue weighted by Gasteiger charge is 2.18. The van der Waals surface area contributed by atoms with E-state index in [0.29, 0.717) is 6.61 Å². The molecule has 0 amide bonds. The summed E-state index contributed by atoms with van der Waals surface area (Å²) in [4.78, 5) is 0. The van der Waals surface area contributed by atoms with Gasteiger partial charge in [-0.15, -0.1) is 0 Å². The van der Waals surface area contributed by atoms with Gasteiger partial charge in [0, 0.05) is 0 Å². The van der Waals surface area contributed by atoms with Crippen LogP contribution in [0.15, 0.2) is 30.4 Å². The van der Waals surface area contributed by atoms with E-state index in [-0.39, 0.29) is 6.10 Å². The molecule has 1 N–H and O–H groups in total. The summed E-state index contributed by atoms with van der Waals surface area (Å²) in [6.07, 6.45) is 2.67. The number of hydrogen-bond acceptors (Lipinski definition) is 2. The summed E-state index contributed by atoms with van der Waals surface area (Å²) >= 11 is 0. The Morgan fingerprint density at radius 2 is 2.38 bits per heavy atom. The molecule has 0 aliphatic heterocycles. The van der Waals surface area contributed by atoms with E-state index in [1.165, 1.54) is 5.56 Å². The molecule has 0 radical (unpaired) electrons. The quantitative estimate of drug-likeness (QED) is 0.790. The molecule has 0 fully saturated rings. The van der Waals surface area contributed by atoms with E-state index in [0.717, 1.165) is 36.1 Å². The lowest BCUT2D eigenvalue weighted by atomic mass is 9.89. The van der Waals surface area contributed by atoms with E-state index in [2.05, 4.69) is 12.6 Å². The maximum atomic E-state index is 9.89. The highest BCUT2D eigenvalue weighted by Crippen LogP contribution is 2.32. The van der Waals surface area contributed by atoms with E-state index in [4.69, 9.17) is 4.74 Å². The number of aliphatic hydroxyl groups is 1. The molecule has 0 saturated heterocycles. The Balaban J connectivity index is 2.17. The predicted molar refractivity (Wildman–Crippen MR) is 64.6 cm³/mol. The number of aryl methyl sites for hydroxylation is 1. The second-order valence-corrected chi connectivity index (χ2v) is 4.51. The lowest BCUT2D eigenvalue weighted by Gasteiger charge is -2.22. The van der Waals surface area contributed by atoms with E-state index < -0.39 is 0 Å². The Bertz CT molecular complexity index is 396. The summed E-state index contributed by atoms with van der Waals surface area (Å²) < 4.78 is 5.57. The van der Waals surface area contributed by atoms with E-state index in [1.54, 1.807) is 0 Å². The topological polar surface area (TPSA) is 29.5 Å². The van der Waals surface area contributed by atoms with Crippen LogP contribution in [0.25, 0.3) is 0 Å². The molecule has 0 spiro atoms. The van der Waals surface area contributed by atoms with Crippen molar-refractivity contribution in [3.63, 3.8) is 0 Å². The lowest BCUT2D eigenvalue weighted by Crippen LogP contribution is -2.09. The van der Waals surface area contributed by atoms with Gasteiger partial charge < -0.3 is 9.84 Å². The molecule has 0 unspecified atom stereocenters. The van der Waals surface area contributed by atoms with Crippen molar-refractivity contribution in [2.75, 3.05) is 6.61 Å². The molecular weight excluding hydrogens is 200 g/mol. The number of hydrogen-bond donors (Lipinski definition) is 1. The fourth-order valence-electron chi connectivity index (χ4n) is 2.05. The van der Waals surface area contributed by atoms with Gasteiger partial charge in [0.05, 0.1) is 6.10 Å². The highest BCUT2D eigenvalue weighted by molar-refractivity contribution is 5.38. The summed E-state index contributed by atoms with van der Waals surface area (Å²) in [5.74, 6) is 0.822. The molecule has 16 heavy (non-hydrogen) atoms. The van der Waals surface area contributed by atoms with Crippen molar-refractivity contribution in [1.82, 2.24) is 0 Å². The Morgan fingerprint density at radius 1 is 1.56 bits per heavy atom. The van der Waals surface area contributed by atoms with Crippen LogP contribution in [-0.4, -0.2) is 11.7 Å². The van der Waals surface area contributed by atoms with E-state index in [9.17, 15) is 5.11 Å². The molecule has 1 aliphatic rings. The Morgan fingerprint density at radius 3 is 3.12 bits per heavy atom. The van der Waals surface area contributed by atoms with Crippen LogP contribution in [0.1, 0.15) is 37.0 Å². The molecule has 1 aromatic rings. The summed E-state index contributed by atoms with van der Waals surface area (Å²) in [5, 5.41) is 9.89. The van der Waals surface area contributed by atoms with Gasteiger partial charge in [0.15, 0.2) is 0 Å². The van der Waals surface area contributed by atoms with Crippen molar-refractivity contribution in [1.29, 1.82) is 0 Å². The average Bonchev–Trinajstić information content (AvgIpc) is 2.27. The summed E-state index contributed by atoms with van der Waals surface area (Å²) in [5.41, 5.74) is 3.28. The van der Waals surface area contributed by atoms with Crippen LogP contribution < -0.4 is 4.74 Å². The molecular formula is C14H18O2. The standard InChI is InChI=1S/C14H18O2/c1-10(2)9-16-12-7-6-11-4-3-5-14(15)13(11)8-12/h6-8,14-15H,1,3-5,9H2,2H3/t14-/m1/s1. The fraction of sp³-hybridized carbons (Fsp3) is 0.429. The van der Waals surface area contributed by atoms with Gasteiger partial charge in [-0.2, -0.15) is 0 Å². The minimum absolute atomic E-state index is 0.322. The number of ether oxygens (including phenoxy) is 1. The third-order valence-electron chi connectivity index (χ3n) is 2.89. The van der Waals surface area contributed by atoms with Crippen LogP contribution in [-0.2, 0) is 6.42 Å². The van der Waals surface area contributed by atoms with Crippen molar-refractivity contribution in [3.05, 3.63) is 41.5 Å². The zero-order chi connectivity index (χ0) is 11.5. The van der Waals surface area contributed by atoms with Crippen LogP contribution >= 0.6 is 0 Å². The third kappa shape index (κ3) is 2.45. The van der Waals surface area contributed by atoms with E-state index >= 15 is 0 Å². The van der Waals surface area contributed by atoms with Crippen molar-refractivity contribution in [3.8, 4) is 5.75 Å². The fourth-order valence-corrected chi connectivity index (χ4v) is 2.05. The Labute approximate surface area is 96.6 Å². The van der Waals surface area contributed by atoms with Gasteiger partial charge >= 0.3 is 0 Å². The maximum Gasteiger partial charge on any atom is 0.120 e. The monoisotopic (exact) mass is 218 g/mol. The molecule has 1 aliphatic carbocycles. The SMILES string of the molecule is C=C(C)COc1ccc2c(c1)[C@H](O)CCC2. The Kier molecular flexibility index (Phi) is 3.30. The van der Waals surface area contributed by atoms with Crippen LogP contribution in [0.4, 0.5) is 0 Å². The number of aliphatic hydroxyl groups excluding tert-OH is 1. The van der Waals surface area contributed by atoms with Crippen molar-refractivity contribution < 1.29 is 9.84 Å². The molecule has 1 atom stereocenters. The van der Waals surface area contributed by atoms with Gasteiger partial charge in [-0.3, -0.25) is 0 Å². The summed E-state index contributed by atoms with van der Waals surface area (Å²) in [6.45, 7) is 6.27. The second kappa shape index (κ2) is 4.71. The van der Waals surface area contributed by atoms with Crippen molar-refractivity contribution in [2.45, 2.75) is 32.3 Å². The van der Waals surface area contributed by atoms with Gasteiger partial charge in [-0.25, -0.2) is 0 Å². The summed E-state index contributed by atoms with van der Waals surface area (Å²) in [6, 6.07) is 5.99. The number of fused-ring (bicyclic) bond motifs is 1. The van der Waals surface area contributed by atoms with Gasteiger partial charge in [-0.1, -0.05) is 12.6 Å². The highest BCUT2D eigenvalue weighted by atomic mass is 16.5. The minimum Gasteiger partial charge on any atom is -0.489 e. The van der Waals surface area contributed by atoms with E-state index in [1.807, 2.05) is 19.1 Å². The van der Waals surface area contributed by atoms with Crippen LogP contribution in [0.3, 0.4) is 0 Å². The molecule has 86 valence electrons. The zero-order valence-corrected chi connectivity index (χ0v) is 9.70. The number of rotatable bonds is 3. The molecule has 1 aromatic carbocycles. The van der Waals surface area contributed by atoms with Gasteiger partial charge in [0.1, 0.15) is 12.4 Å². The molecule has 2 heteroatoms. The normalized spacial score (nSPS) is 19.0. The van der Waals surface area contributed by atoms with Gasteiger partial charge in [-0.05, 0) is 55.0 Å². The summed E-state index contributed by atoms with van der Waals surface area (Å²) in [7, 11) is 0. The van der Waals surface area contributed by atoms with Crippen LogP contribution in [0.5, 0.6) is 5.75 Å². The molecule has 2 rings (SSSR count). The largest absolute Gasteiger partial charge is 0.489 e. The number of benzene rings is 1. The minimum atomic E-state index is -0.322.